The molecule has 0 fully saturated rings. The standard InChI is InChI=1S/C19H23N5O2S/c1-3-20-18-13-14(2)23-19(24-18)21-11-12-22-27(25,26)17-10-6-8-15-7-4-5-9-16(15)17/h4-10,13,22H,3,11-12H2,1-2H3,(H2,20,21,23,24). The maximum Gasteiger partial charge on any atom is 0.241 e. The van der Waals surface area contributed by atoms with Crippen molar-refractivity contribution in [2.24, 2.45) is 0 Å². The van der Waals surface area contributed by atoms with E-state index in [1.54, 1.807) is 12.1 Å². The molecule has 7 nitrogen and oxygen atoms in total. The van der Waals surface area contributed by atoms with Gasteiger partial charge in [0.2, 0.25) is 16.0 Å². The van der Waals surface area contributed by atoms with Gasteiger partial charge in [-0.05, 0) is 25.3 Å². The number of sulfonamides is 1. The van der Waals surface area contributed by atoms with Gasteiger partial charge in [0, 0.05) is 36.8 Å². The molecule has 2 aromatic carbocycles. The Kier molecular flexibility index (Phi) is 5.88. The van der Waals surface area contributed by atoms with Crippen LogP contribution in [0.5, 0.6) is 0 Å². The Morgan fingerprint density at radius 2 is 1.74 bits per heavy atom. The van der Waals surface area contributed by atoms with Gasteiger partial charge in [0.25, 0.3) is 0 Å². The minimum atomic E-state index is -3.61. The third kappa shape index (κ3) is 4.72. The van der Waals surface area contributed by atoms with Crippen molar-refractivity contribution in [3.05, 3.63) is 54.2 Å². The van der Waals surface area contributed by atoms with Crippen molar-refractivity contribution < 1.29 is 8.42 Å². The molecule has 3 N–H and O–H groups in total. The van der Waals surface area contributed by atoms with Gasteiger partial charge in [-0.3, -0.25) is 0 Å². The van der Waals surface area contributed by atoms with Gasteiger partial charge in [-0.2, -0.15) is 4.98 Å². The second kappa shape index (κ2) is 8.32. The van der Waals surface area contributed by atoms with E-state index in [0.29, 0.717) is 17.9 Å². The number of fused-ring (bicyclic) bond motifs is 1. The molecule has 0 radical (unpaired) electrons. The quantitative estimate of drug-likeness (QED) is 0.516. The molecule has 0 aliphatic carbocycles. The van der Waals surface area contributed by atoms with Crippen LogP contribution in [0.25, 0.3) is 10.8 Å². The van der Waals surface area contributed by atoms with Gasteiger partial charge in [-0.25, -0.2) is 18.1 Å². The molecule has 0 saturated heterocycles. The van der Waals surface area contributed by atoms with Gasteiger partial charge >= 0.3 is 0 Å². The highest BCUT2D eigenvalue weighted by molar-refractivity contribution is 7.89. The number of nitrogens with zero attached hydrogens (tertiary/aromatic N) is 2. The fourth-order valence-corrected chi connectivity index (χ4v) is 4.05. The van der Waals surface area contributed by atoms with Gasteiger partial charge in [0.15, 0.2) is 0 Å². The monoisotopic (exact) mass is 385 g/mol. The number of nitrogens with one attached hydrogen (secondary N) is 3. The van der Waals surface area contributed by atoms with Crippen LogP contribution in [0, 0.1) is 6.92 Å². The predicted octanol–water partition coefficient (Wildman–Crippen LogP) is 2.76. The van der Waals surface area contributed by atoms with E-state index < -0.39 is 10.0 Å². The summed E-state index contributed by atoms with van der Waals surface area (Å²) in [4.78, 5) is 8.94. The highest BCUT2D eigenvalue weighted by atomic mass is 32.2. The number of hydrogen-bond donors (Lipinski definition) is 3. The first-order chi connectivity index (χ1) is 13.0. The van der Waals surface area contributed by atoms with E-state index in [2.05, 4.69) is 25.3 Å². The molecule has 0 spiro atoms. The number of hydrogen-bond acceptors (Lipinski definition) is 6. The van der Waals surface area contributed by atoms with Gasteiger partial charge < -0.3 is 10.6 Å². The molecule has 0 aliphatic rings. The van der Waals surface area contributed by atoms with Gasteiger partial charge in [0.05, 0.1) is 4.90 Å². The molecule has 142 valence electrons. The first-order valence-electron chi connectivity index (χ1n) is 8.80. The van der Waals surface area contributed by atoms with E-state index in [-0.39, 0.29) is 11.4 Å². The Morgan fingerprint density at radius 3 is 2.56 bits per heavy atom. The van der Waals surface area contributed by atoms with Crippen molar-refractivity contribution in [3.8, 4) is 0 Å². The average molecular weight is 385 g/mol. The van der Waals surface area contributed by atoms with Crippen molar-refractivity contribution >= 4 is 32.6 Å². The molecule has 0 bridgehead atoms. The van der Waals surface area contributed by atoms with Crippen LogP contribution in [0.2, 0.25) is 0 Å². The molecule has 0 amide bonds. The second-order valence-electron chi connectivity index (χ2n) is 6.05. The zero-order valence-corrected chi connectivity index (χ0v) is 16.2. The summed E-state index contributed by atoms with van der Waals surface area (Å²) >= 11 is 0. The summed E-state index contributed by atoms with van der Waals surface area (Å²) in [5.74, 6) is 1.21. The lowest BCUT2D eigenvalue weighted by Crippen LogP contribution is -2.29. The average Bonchev–Trinajstić information content (AvgIpc) is 2.65. The summed E-state index contributed by atoms with van der Waals surface area (Å²) in [5.41, 5.74) is 0.833. The van der Waals surface area contributed by atoms with E-state index >= 15 is 0 Å². The van der Waals surface area contributed by atoms with Crippen molar-refractivity contribution in [2.75, 3.05) is 30.3 Å². The molecule has 3 rings (SSSR count). The Morgan fingerprint density at radius 1 is 0.963 bits per heavy atom. The third-order valence-electron chi connectivity index (χ3n) is 3.95. The van der Waals surface area contributed by atoms with Crippen LogP contribution >= 0.6 is 0 Å². The minimum Gasteiger partial charge on any atom is -0.370 e. The summed E-state index contributed by atoms with van der Waals surface area (Å²) in [6, 6.07) is 14.5. The zero-order chi connectivity index (χ0) is 19.3. The van der Waals surface area contributed by atoms with Crippen LogP contribution in [0.1, 0.15) is 12.6 Å². The molecular formula is C19H23N5O2S. The topological polar surface area (TPSA) is 96.0 Å². The van der Waals surface area contributed by atoms with Crippen LogP contribution < -0.4 is 15.4 Å². The lowest BCUT2D eigenvalue weighted by Gasteiger charge is -2.11. The smallest absolute Gasteiger partial charge is 0.241 e. The van der Waals surface area contributed by atoms with Crippen molar-refractivity contribution in [1.82, 2.24) is 14.7 Å². The molecule has 8 heteroatoms. The van der Waals surface area contributed by atoms with E-state index in [1.807, 2.05) is 50.2 Å². The van der Waals surface area contributed by atoms with E-state index in [4.69, 9.17) is 0 Å². The van der Waals surface area contributed by atoms with Gasteiger partial charge in [-0.1, -0.05) is 36.4 Å². The number of rotatable bonds is 8. The molecule has 0 atom stereocenters. The fraction of sp³-hybridized carbons (Fsp3) is 0.263. The third-order valence-corrected chi connectivity index (χ3v) is 5.47. The zero-order valence-electron chi connectivity index (χ0n) is 15.4. The van der Waals surface area contributed by atoms with Crippen molar-refractivity contribution in [1.29, 1.82) is 0 Å². The Bertz CT molecular complexity index is 1030. The van der Waals surface area contributed by atoms with Crippen LogP contribution in [0.15, 0.2) is 53.4 Å². The van der Waals surface area contributed by atoms with Crippen molar-refractivity contribution in [3.63, 3.8) is 0 Å². The number of aromatic nitrogens is 2. The van der Waals surface area contributed by atoms with Crippen LogP contribution in [-0.2, 0) is 10.0 Å². The van der Waals surface area contributed by atoms with Gasteiger partial charge in [0.1, 0.15) is 5.82 Å². The van der Waals surface area contributed by atoms with E-state index in [0.717, 1.165) is 23.4 Å². The van der Waals surface area contributed by atoms with Crippen LogP contribution in [-0.4, -0.2) is 38.0 Å². The summed E-state index contributed by atoms with van der Waals surface area (Å²) in [6.07, 6.45) is 0. The Labute approximate surface area is 159 Å². The van der Waals surface area contributed by atoms with Crippen LogP contribution in [0.3, 0.4) is 0 Å². The van der Waals surface area contributed by atoms with E-state index in [1.165, 1.54) is 0 Å². The molecule has 1 heterocycles. The summed E-state index contributed by atoms with van der Waals surface area (Å²) in [5, 5.41) is 7.79. The first-order valence-corrected chi connectivity index (χ1v) is 10.3. The number of aryl methyl sites for hydroxylation is 1. The van der Waals surface area contributed by atoms with Crippen LogP contribution in [0.4, 0.5) is 11.8 Å². The van der Waals surface area contributed by atoms with Crippen molar-refractivity contribution in [2.45, 2.75) is 18.7 Å². The molecule has 1 aromatic heterocycles. The SMILES string of the molecule is CCNc1cc(C)nc(NCCNS(=O)(=O)c2cccc3ccccc23)n1. The molecule has 3 aromatic rings. The summed E-state index contributed by atoms with van der Waals surface area (Å²) < 4.78 is 28.0. The molecule has 0 unspecified atom stereocenters. The maximum atomic E-state index is 12.7. The highest BCUT2D eigenvalue weighted by Crippen LogP contribution is 2.22. The fourth-order valence-electron chi connectivity index (χ4n) is 2.79. The molecule has 0 saturated carbocycles. The highest BCUT2D eigenvalue weighted by Gasteiger charge is 2.16. The molecule has 0 aliphatic heterocycles. The molecule has 27 heavy (non-hydrogen) atoms. The lowest BCUT2D eigenvalue weighted by atomic mass is 10.1. The maximum absolute atomic E-state index is 12.7. The largest absolute Gasteiger partial charge is 0.370 e. The lowest BCUT2D eigenvalue weighted by molar-refractivity contribution is 0.583. The van der Waals surface area contributed by atoms with E-state index in [9.17, 15) is 8.42 Å². The summed E-state index contributed by atoms with van der Waals surface area (Å²) in [7, 11) is -3.61. The Balaban J connectivity index is 1.65. The number of benzene rings is 2. The first kappa shape index (κ1) is 19.1. The Hall–Kier alpha value is -2.71. The predicted molar refractivity (Wildman–Crippen MR) is 109 cm³/mol. The second-order valence-corrected chi connectivity index (χ2v) is 7.79. The molecular weight excluding hydrogens is 362 g/mol. The van der Waals surface area contributed by atoms with Gasteiger partial charge in [-0.15, -0.1) is 0 Å². The normalized spacial score (nSPS) is 11.5. The number of anilines is 2. The minimum absolute atomic E-state index is 0.222. The summed E-state index contributed by atoms with van der Waals surface area (Å²) in [6.45, 7) is 5.24.